The fraction of sp³-hybridized carbons (Fsp3) is 0. The molecule has 0 radical (unpaired) electrons. The number of nitrogens with two attached hydrogens (primary N) is 1. The summed E-state index contributed by atoms with van der Waals surface area (Å²) in [5.41, 5.74) is 5.73. The molecule has 2 rings (SSSR count). The number of hydrogen-bond donors (Lipinski definition) is 2. The van der Waals surface area contributed by atoms with E-state index in [2.05, 4.69) is 0 Å². The van der Waals surface area contributed by atoms with Gasteiger partial charge in [0.25, 0.3) is 5.69 Å². The van der Waals surface area contributed by atoms with Gasteiger partial charge in [0.05, 0.1) is 4.92 Å². The van der Waals surface area contributed by atoms with Crippen LogP contribution in [0.1, 0.15) is 0 Å². The van der Waals surface area contributed by atoms with Crippen LogP contribution in [0.4, 0.5) is 11.4 Å². The van der Waals surface area contributed by atoms with Crippen molar-refractivity contribution in [2.24, 2.45) is 0 Å². The fourth-order valence-corrected chi connectivity index (χ4v) is 1.07. The summed E-state index contributed by atoms with van der Waals surface area (Å²) < 4.78 is 0. The van der Waals surface area contributed by atoms with Gasteiger partial charge < -0.3 is 10.8 Å². The van der Waals surface area contributed by atoms with Crippen molar-refractivity contribution < 1.29 is 10.0 Å². The van der Waals surface area contributed by atoms with Crippen molar-refractivity contribution in [3.63, 3.8) is 0 Å². The van der Waals surface area contributed by atoms with E-state index in [1.165, 1.54) is 12.1 Å². The van der Waals surface area contributed by atoms with E-state index in [-0.39, 0.29) is 5.69 Å². The molecule has 0 heterocycles. The number of nitro benzene ring substituents is 1. The summed E-state index contributed by atoms with van der Waals surface area (Å²) in [7, 11) is 0. The molecular weight excluding hydrogens is 220 g/mol. The maximum Gasteiger partial charge on any atom is 0.271 e. The van der Waals surface area contributed by atoms with Gasteiger partial charge in [-0.15, -0.1) is 0 Å². The third-order valence-corrected chi connectivity index (χ3v) is 1.84. The van der Waals surface area contributed by atoms with Gasteiger partial charge in [0.1, 0.15) is 5.75 Å². The van der Waals surface area contributed by atoms with Crippen LogP contribution in [0.5, 0.6) is 5.75 Å². The lowest BCUT2D eigenvalue weighted by Gasteiger charge is -1.90. The molecule has 2 aromatic rings. The van der Waals surface area contributed by atoms with Gasteiger partial charge in [0, 0.05) is 17.8 Å². The number of nitrogen functional groups attached to an aromatic ring is 1. The summed E-state index contributed by atoms with van der Waals surface area (Å²) in [6, 6.07) is 14.6. The highest BCUT2D eigenvalue weighted by Crippen LogP contribution is 2.13. The zero-order valence-corrected chi connectivity index (χ0v) is 8.98. The Hall–Kier alpha value is -2.56. The third kappa shape index (κ3) is 4.65. The monoisotopic (exact) mass is 232 g/mol. The Labute approximate surface area is 98.3 Å². The van der Waals surface area contributed by atoms with Gasteiger partial charge in [-0.25, -0.2) is 0 Å². The number of benzene rings is 2. The van der Waals surface area contributed by atoms with Gasteiger partial charge in [0.15, 0.2) is 0 Å². The molecule has 0 aliphatic heterocycles. The van der Waals surface area contributed by atoms with Crippen LogP contribution in [0.2, 0.25) is 0 Å². The van der Waals surface area contributed by atoms with Gasteiger partial charge in [-0.2, -0.15) is 0 Å². The maximum absolute atomic E-state index is 10.1. The molecule has 5 heteroatoms. The number of nitrogens with zero attached hydrogens (tertiary/aromatic N) is 1. The van der Waals surface area contributed by atoms with E-state index >= 15 is 0 Å². The van der Waals surface area contributed by atoms with E-state index in [9.17, 15) is 10.1 Å². The second kappa shape index (κ2) is 6.12. The zero-order chi connectivity index (χ0) is 12.7. The van der Waals surface area contributed by atoms with E-state index < -0.39 is 4.92 Å². The van der Waals surface area contributed by atoms with Crippen LogP contribution in [-0.4, -0.2) is 10.0 Å². The third-order valence-electron chi connectivity index (χ3n) is 1.84. The number of aromatic hydroxyl groups is 1. The van der Waals surface area contributed by atoms with E-state index in [1.807, 2.05) is 6.07 Å². The molecule has 0 aromatic heterocycles. The summed E-state index contributed by atoms with van der Waals surface area (Å²) in [6.45, 7) is 0. The van der Waals surface area contributed by atoms with Gasteiger partial charge in [-0.1, -0.05) is 24.3 Å². The Balaban J connectivity index is 0.000000181. The fourth-order valence-electron chi connectivity index (χ4n) is 1.07. The first-order chi connectivity index (χ1) is 8.09. The lowest BCUT2D eigenvalue weighted by molar-refractivity contribution is -0.384. The Morgan fingerprint density at radius 3 is 2.06 bits per heavy atom. The largest absolute Gasteiger partial charge is 0.508 e. The molecule has 3 N–H and O–H groups in total. The molecule has 0 aliphatic carbocycles. The number of rotatable bonds is 1. The zero-order valence-electron chi connectivity index (χ0n) is 8.98. The van der Waals surface area contributed by atoms with E-state index in [4.69, 9.17) is 10.8 Å². The smallest absolute Gasteiger partial charge is 0.271 e. The van der Waals surface area contributed by atoms with E-state index in [0.29, 0.717) is 11.4 Å². The van der Waals surface area contributed by atoms with Crippen LogP contribution in [0, 0.1) is 10.1 Å². The molecule has 17 heavy (non-hydrogen) atoms. The molecule has 0 saturated heterocycles. The molecular formula is C12H12N2O3. The van der Waals surface area contributed by atoms with Gasteiger partial charge in [-0.3, -0.25) is 10.1 Å². The highest BCUT2D eigenvalue weighted by atomic mass is 16.6. The molecule has 0 aliphatic rings. The van der Waals surface area contributed by atoms with Crippen molar-refractivity contribution in [1.82, 2.24) is 0 Å². The first-order valence-corrected chi connectivity index (χ1v) is 4.83. The highest BCUT2D eigenvalue weighted by molar-refractivity contribution is 5.46. The molecule has 0 saturated carbocycles. The minimum absolute atomic E-state index is 0.0278. The summed E-state index contributed by atoms with van der Waals surface area (Å²) in [5, 5.41) is 18.7. The number of non-ortho nitro benzene ring substituents is 1. The molecule has 0 fully saturated rings. The summed E-state index contributed by atoms with van der Waals surface area (Å²) in [4.78, 5) is 9.63. The van der Waals surface area contributed by atoms with Crippen LogP contribution in [0.3, 0.4) is 0 Å². The second-order valence-corrected chi connectivity index (χ2v) is 3.19. The van der Waals surface area contributed by atoms with Crippen LogP contribution in [-0.2, 0) is 0 Å². The lowest BCUT2D eigenvalue weighted by atomic mass is 10.3. The molecule has 5 nitrogen and oxygen atoms in total. The van der Waals surface area contributed by atoms with Crippen LogP contribution in [0.25, 0.3) is 0 Å². The Kier molecular flexibility index (Phi) is 4.50. The average Bonchev–Trinajstić information content (AvgIpc) is 2.31. The Morgan fingerprint density at radius 2 is 1.71 bits per heavy atom. The van der Waals surface area contributed by atoms with Gasteiger partial charge in [-0.05, 0) is 18.2 Å². The predicted octanol–water partition coefficient (Wildman–Crippen LogP) is 2.57. The number of nitro groups is 1. The van der Waals surface area contributed by atoms with Crippen molar-refractivity contribution in [3.8, 4) is 5.75 Å². The van der Waals surface area contributed by atoms with Crippen molar-refractivity contribution in [3.05, 3.63) is 64.7 Å². The molecule has 0 amide bonds. The molecule has 0 atom stereocenters. The lowest BCUT2D eigenvalue weighted by Crippen LogP contribution is -1.89. The SMILES string of the molecule is Nc1cccc([N+](=O)[O-])c1.Oc1ccccc1. The standard InChI is InChI=1S/C6H6N2O2.C6H6O/c7-5-2-1-3-6(4-5)8(9)10;7-6-4-2-1-3-5-6/h1-4H,7H2;1-5,7H. The molecule has 0 spiro atoms. The number of para-hydroxylation sites is 1. The van der Waals surface area contributed by atoms with Crippen molar-refractivity contribution >= 4 is 11.4 Å². The number of phenolic OH excluding ortho intramolecular Hbond substituents is 1. The second-order valence-electron chi connectivity index (χ2n) is 3.19. The molecule has 0 unspecified atom stereocenters. The Bertz CT molecular complexity index is 486. The summed E-state index contributed by atoms with van der Waals surface area (Å²) in [6.07, 6.45) is 0. The first-order valence-electron chi connectivity index (χ1n) is 4.83. The van der Waals surface area contributed by atoms with Gasteiger partial charge >= 0.3 is 0 Å². The number of phenols is 1. The number of anilines is 1. The van der Waals surface area contributed by atoms with Crippen LogP contribution < -0.4 is 5.73 Å². The van der Waals surface area contributed by atoms with Crippen molar-refractivity contribution in [1.29, 1.82) is 0 Å². The van der Waals surface area contributed by atoms with Crippen molar-refractivity contribution in [2.75, 3.05) is 5.73 Å². The number of hydrogen-bond acceptors (Lipinski definition) is 4. The van der Waals surface area contributed by atoms with Gasteiger partial charge in [0.2, 0.25) is 0 Å². The maximum atomic E-state index is 10.1. The van der Waals surface area contributed by atoms with Crippen LogP contribution in [0.15, 0.2) is 54.6 Å². The Morgan fingerprint density at radius 1 is 1.06 bits per heavy atom. The minimum Gasteiger partial charge on any atom is -0.508 e. The molecule has 0 bridgehead atoms. The average molecular weight is 232 g/mol. The quantitative estimate of drug-likeness (QED) is 0.449. The topological polar surface area (TPSA) is 89.4 Å². The predicted molar refractivity (Wildman–Crippen MR) is 65.6 cm³/mol. The highest BCUT2D eigenvalue weighted by Gasteiger charge is 2.02. The van der Waals surface area contributed by atoms with E-state index in [1.54, 1.807) is 36.4 Å². The van der Waals surface area contributed by atoms with E-state index in [0.717, 1.165) is 0 Å². The molecule has 2 aromatic carbocycles. The minimum atomic E-state index is -0.476. The summed E-state index contributed by atoms with van der Waals surface area (Å²) >= 11 is 0. The normalized spacial score (nSPS) is 8.94. The molecule has 88 valence electrons. The summed E-state index contributed by atoms with van der Waals surface area (Å²) in [5.74, 6) is 0.322. The van der Waals surface area contributed by atoms with Crippen molar-refractivity contribution in [2.45, 2.75) is 0 Å². The van der Waals surface area contributed by atoms with Crippen LogP contribution >= 0.6 is 0 Å². The first kappa shape index (κ1) is 12.5.